The van der Waals surface area contributed by atoms with Crippen LogP contribution >= 0.6 is 0 Å². The van der Waals surface area contributed by atoms with Crippen LogP contribution < -0.4 is 21.1 Å². The second kappa shape index (κ2) is 9.70. The maximum absolute atomic E-state index is 13.8. The highest BCUT2D eigenvalue weighted by atomic mass is 19.3. The molecule has 2 amide bonds. The number of nitrogens with zero attached hydrogens (tertiary/aromatic N) is 5. The number of amides is 2. The number of ether oxygens (including phenoxy) is 1. The Morgan fingerprint density at radius 2 is 1.87 bits per heavy atom. The first-order chi connectivity index (χ1) is 18.1. The molecule has 200 valence electrons. The zero-order valence-corrected chi connectivity index (χ0v) is 20.8. The molecule has 5 rings (SSSR count). The van der Waals surface area contributed by atoms with Gasteiger partial charge in [0.1, 0.15) is 18.1 Å². The Kier molecular flexibility index (Phi) is 6.54. The molecule has 3 fully saturated rings. The molecular weight excluding hydrogens is 496 g/mol. The van der Waals surface area contributed by atoms with E-state index in [1.807, 2.05) is 4.90 Å². The first-order valence-corrected chi connectivity index (χ1v) is 12.6. The molecule has 0 spiro atoms. The van der Waals surface area contributed by atoms with Crippen LogP contribution in [0.5, 0.6) is 6.01 Å². The van der Waals surface area contributed by atoms with E-state index < -0.39 is 24.3 Å². The van der Waals surface area contributed by atoms with Crippen LogP contribution in [0.1, 0.15) is 64.7 Å². The van der Waals surface area contributed by atoms with E-state index in [1.54, 1.807) is 12.1 Å². The summed E-state index contributed by atoms with van der Waals surface area (Å²) >= 11 is 0. The van der Waals surface area contributed by atoms with Gasteiger partial charge in [-0.2, -0.15) is 9.97 Å². The number of alkyl halides is 2. The van der Waals surface area contributed by atoms with Gasteiger partial charge >= 0.3 is 6.01 Å². The average Bonchev–Trinajstić information content (AvgIpc) is 3.61. The van der Waals surface area contributed by atoms with Crippen molar-refractivity contribution in [1.82, 2.24) is 19.9 Å². The number of carbonyl (C=O) groups is 2. The second-order valence-electron chi connectivity index (χ2n) is 10.2. The maximum atomic E-state index is 13.8. The van der Waals surface area contributed by atoms with Crippen molar-refractivity contribution >= 4 is 23.3 Å². The van der Waals surface area contributed by atoms with Crippen LogP contribution in [0.15, 0.2) is 18.2 Å². The third-order valence-corrected chi connectivity index (χ3v) is 7.42. The fourth-order valence-corrected chi connectivity index (χ4v) is 4.82. The molecule has 2 aromatic heterocycles. The Balaban J connectivity index is 1.34. The lowest BCUT2D eigenvalue weighted by molar-refractivity contribution is 0.0119. The van der Waals surface area contributed by atoms with Crippen molar-refractivity contribution in [3.8, 4) is 18.4 Å². The SMILES string of the molecule is C#CC1(COc2nc(C(=O)N3CCC(F)(F)C3)cc(N3CCC(c4ccc(N)c(C(N)=O)n4)CC3)n2)CC1. The lowest BCUT2D eigenvalue weighted by atomic mass is 9.92. The van der Waals surface area contributed by atoms with Crippen LogP contribution in [-0.2, 0) is 0 Å². The number of piperidine rings is 1. The first-order valence-electron chi connectivity index (χ1n) is 12.6. The molecule has 0 radical (unpaired) electrons. The van der Waals surface area contributed by atoms with Crippen LogP contribution in [0.2, 0.25) is 0 Å². The zero-order valence-electron chi connectivity index (χ0n) is 20.8. The molecule has 38 heavy (non-hydrogen) atoms. The number of aromatic nitrogens is 3. The molecule has 3 aliphatic rings. The number of terminal acetylenes is 1. The number of halogens is 2. The van der Waals surface area contributed by atoms with Crippen LogP contribution in [0, 0.1) is 17.8 Å². The highest BCUT2D eigenvalue weighted by Crippen LogP contribution is 2.45. The first kappa shape index (κ1) is 25.6. The molecule has 12 heteroatoms. The van der Waals surface area contributed by atoms with Crippen molar-refractivity contribution in [3.63, 3.8) is 0 Å². The minimum Gasteiger partial charge on any atom is -0.462 e. The van der Waals surface area contributed by atoms with Gasteiger partial charge in [-0.25, -0.2) is 13.8 Å². The van der Waals surface area contributed by atoms with Gasteiger partial charge in [-0.05, 0) is 37.8 Å². The molecule has 0 bridgehead atoms. The molecule has 2 saturated heterocycles. The number of nitrogens with two attached hydrogens (primary N) is 2. The summed E-state index contributed by atoms with van der Waals surface area (Å²) in [4.78, 5) is 41.0. The van der Waals surface area contributed by atoms with Gasteiger partial charge < -0.3 is 26.0 Å². The monoisotopic (exact) mass is 525 g/mol. The summed E-state index contributed by atoms with van der Waals surface area (Å²) in [6, 6.07) is 4.94. The molecule has 0 atom stereocenters. The number of carbonyl (C=O) groups excluding carboxylic acids is 2. The molecule has 4 heterocycles. The summed E-state index contributed by atoms with van der Waals surface area (Å²) in [5.41, 5.74) is 11.9. The van der Waals surface area contributed by atoms with Gasteiger partial charge in [-0.1, -0.05) is 5.92 Å². The largest absolute Gasteiger partial charge is 0.462 e. The number of hydrogen-bond acceptors (Lipinski definition) is 8. The zero-order chi connectivity index (χ0) is 27.1. The molecule has 10 nitrogen and oxygen atoms in total. The molecule has 2 aromatic rings. The van der Waals surface area contributed by atoms with E-state index in [9.17, 15) is 18.4 Å². The Morgan fingerprint density at radius 1 is 1.13 bits per heavy atom. The number of pyridine rings is 1. The van der Waals surface area contributed by atoms with Gasteiger partial charge in [0.15, 0.2) is 5.69 Å². The Bertz CT molecular complexity index is 1300. The summed E-state index contributed by atoms with van der Waals surface area (Å²) in [6.07, 6.45) is 8.29. The number of primary amides is 1. The quantitative estimate of drug-likeness (QED) is 0.525. The van der Waals surface area contributed by atoms with Crippen molar-refractivity contribution in [2.24, 2.45) is 11.1 Å². The topological polar surface area (TPSA) is 141 Å². The minimum absolute atomic E-state index is 0.00155. The highest BCUT2D eigenvalue weighted by Gasteiger charge is 2.43. The van der Waals surface area contributed by atoms with E-state index >= 15 is 0 Å². The fourth-order valence-electron chi connectivity index (χ4n) is 4.82. The van der Waals surface area contributed by atoms with Crippen molar-refractivity contribution in [2.45, 2.75) is 43.9 Å². The summed E-state index contributed by atoms with van der Waals surface area (Å²) in [5, 5.41) is 0. The molecule has 1 saturated carbocycles. The van der Waals surface area contributed by atoms with Crippen molar-refractivity contribution in [2.75, 3.05) is 43.4 Å². The number of rotatable bonds is 7. The third-order valence-electron chi connectivity index (χ3n) is 7.42. The number of likely N-dealkylation sites (tertiary alicyclic amines) is 1. The fraction of sp³-hybridized carbons (Fsp3) is 0.500. The summed E-state index contributed by atoms with van der Waals surface area (Å²) in [7, 11) is 0. The Morgan fingerprint density at radius 3 is 2.47 bits per heavy atom. The smallest absolute Gasteiger partial charge is 0.319 e. The number of anilines is 2. The second-order valence-corrected chi connectivity index (χ2v) is 10.2. The maximum Gasteiger partial charge on any atom is 0.319 e. The molecular formula is C26H29F2N7O3. The normalized spacial score (nSPS) is 20.1. The van der Waals surface area contributed by atoms with E-state index in [-0.39, 0.29) is 54.0 Å². The predicted octanol–water partition coefficient (Wildman–Crippen LogP) is 2.21. The van der Waals surface area contributed by atoms with Gasteiger partial charge in [0.05, 0.1) is 17.6 Å². The lowest BCUT2D eigenvalue weighted by Gasteiger charge is -2.33. The predicted molar refractivity (Wildman–Crippen MR) is 135 cm³/mol. The summed E-state index contributed by atoms with van der Waals surface area (Å²) in [5.74, 6) is -0.910. The summed E-state index contributed by atoms with van der Waals surface area (Å²) < 4.78 is 33.4. The van der Waals surface area contributed by atoms with Gasteiger partial charge in [-0.15, -0.1) is 6.42 Å². The van der Waals surface area contributed by atoms with Crippen LogP contribution in [0.3, 0.4) is 0 Å². The van der Waals surface area contributed by atoms with E-state index in [1.165, 1.54) is 6.07 Å². The lowest BCUT2D eigenvalue weighted by Crippen LogP contribution is -2.35. The van der Waals surface area contributed by atoms with E-state index in [0.29, 0.717) is 31.7 Å². The van der Waals surface area contributed by atoms with Crippen LogP contribution in [0.25, 0.3) is 0 Å². The molecule has 0 unspecified atom stereocenters. The van der Waals surface area contributed by atoms with E-state index in [0.717, 1.165) is 23.4 Å². The van der Waals surface area contributed by atoms with Crippen molar-refractivity contribution in [1.29, 1.82) is 0 Å². The molecule has 0 aromatic carbocycles. The standard InChI is InChI=1S/C26H29F2N7O3/c1-2-25(7-8-25)15-38-24-32-19(23(37)35-12-9-26(27,28)14-35)13-20(33-24)34-10-5-16(6-11-34)18-4-3-17(29)21(31-18)22(30)36/h1,3-4,13,16H,5-12,14-15,29H2,(H2,30,36). The molecule has 1 aliphatic carbocycles. The Labute approximate surface area is 218 Å². The Hall–Kier alpha value is -4.01. The van der Waals surface area contributed by atoms with E-state index in [4.69, 9.17) is 22.6 Å². The molecule has 4 N–H and O–H groups in total. The van der Waals surface area contributed by atoms with Gasteiger partial charge in [0.2, 0.25) is 0 Å². The summed E-state index contributed by atoms with van der Waals surface area (Å²) in [6.45, 7) is 0.671. The average molecular weight is 526 g/mol. The van der Waals surface area contributed by atoms with Crippen molar-refractivity contribution in [3.05, 3.63) is 35.3 Å². The van der Waals surface area contributed by atoms with Crippen LogP contribution in [-0.4, -0.2) is 70.4 Å². The number of nitrogen functional groups attached to an aromatic ring is 1. The highest BCUT2D eigenvalue weighted by molar-refractivity contribution is 5.96. The van der Waals surface area contributed by atoms with Gasteiger partial charge in [-0.3, -0.25) is 9.59 Å². The van der Waals surface area contributed by atoms with Crippen LogP contribution in [0.4, 0.5) is 20.3 Å². The van der Waals surface area contributed by atoms with E-state index in [2.05, 4.69) is 20.9 Å². The van der Waals surface area contributed by atoms with Crippen molar-refractivity contribution < 1.29 is 23.1 Å². The third kappa shape index (κ3) is 5.32. The van der Waals surface area contributed by atoms with Gasteiger partial charge in [0, 0.05) is 43.7 Å². The molecule has 2 aliphatic heterocycles. The van der Waals surface area contributed by atoms with Gasteiger partial charge in [0.25, 0.3) is 17.7 Å². The number of hydrogen-bond donors (Lipinski definition) is 2. The minimum atomic E-state index is -2.91.